The van der Waals surface area contributed by atoms with Crippen LogP contribution in [-0.4, -0.2) is 36.2 Å². The third kappa shape index (κ3) is 3.25. The maximum absolute atomic E-state index is 11.4. The van der Waals surface area contributed by atoms with Crippen LogP contribution >= 0.6 is 0 Å². The SMILES string of the molecule is O=C(Nc1ncccn1)N[C@H]1C=CS(=O)(=O)C1. The van der Waals surface area contributed by atoms with Gasteiger partial charge in [0, 0.05) is 17.8 Å². The quantitative estimate of drug-likeness (QED) is 0.768. The molecule has 0 aromatic carbocycles. The van der Waals surface area contributed by atoms with E-state index < -0.39 is 21.9 Å². The number of rotatable bonds is 2. The minimum Gasteiger partial charge on any atom is -0.331 e. The van der Waals surface area contributed by atoms with Crippen molar-refractivity contribution in [2.24, 2.45) is 0 Å². The van der Waals surface area contributed by atoms with Gasteiger partial charge in [-0.1, -0.05) is 0 Å². The van der Waals surface area contributed by atoms with E-state index >= 15 is 0 Å². The smallest absolute Gasteiger partial charge is 0.322 e. The second-order valence-corrected chi connectivity index (χ2v) is 5.37. The number of sulfone groups is 1. The Hall–Kier alpha value is -1.96. The third-order valence-corrected chi connectivity index (χ3v) is 3.43. The fourth-order valence-corrected chi connectivity index (χ4v) is 2.57. The highest BCUT2D eigenvalue weighted by atomic mass is 32.2. The monoisotopic (exact) mass is 254 g/mol. The van der Waals surface area contributed by atoms with E-state index in [9.17, 15) is 13.2 Å². The highest BCUT2D eigenvalue weighted by molar-refractivity contribution is 7.94. The summed E-state index contributed by atoms with van der Waals surface area (Å²) >= 11 is 0. The van der Waals surface area contributed by atoms with Gasteiger partial charge in [-0.05, 0) is 12.1 Å². The zero-order valence-corrected chi connectivity index (χ0v) is 9.52. The Morgan fingerprint density at radius 2 is 2.06 bits per heavy atom. The lowest BCUT2D eigenvalue weighted by Gasteiger charge is -2.09. The van der Waals surface area contributed by atoms with Crippen molar-refractivity contribution in [2.75, 3.05) is 11.1 Å². The Bertz CT molecular complexity index is 541. The van der Waals surface area contributed by atoms with Gasteiger partial charge in [0.05, 0.1) is 11.8 Å². The van der Waals surface area contributed by atoms with Crippen LogP contribution in [0.3, 0.4) is 0 Å². The number of hydrogen-bond acceptors (Lipinski definition) is 5. The highest BCUT2D eigenvalue weighted by Gasteiger charge is 2.23. The number of urea groups is 1. The summed E-state index contributed by atoms with van der Waals surface area (Å²) in [5.74, 6) is 0.0469. The Labute approximate surface area is 97.9 Å². The number of hydrogen-bond donors (Lipinski definition) is 2. The van der Waals surface area contributed by atoms with Gasteiger partial charge in [-0.25, -0.2) is 23.2 Å². The van der Waals surface area contributed by atoms with Crippen molar-refractivity contribution in [3.05, 3.63) is 29.9 Å². The first-order valence-electron chi connectivity index (χ1n) is 4.81. The first-order valence-corrected chi connectivity index (χ1v) is 6.52. The molecule has 1 aliphatic rings. The molecule has 1 aromatic rings. The van der Waals surface area contributed by atoms with Gasteiger partial charge in [-0.3, -0.25) is 5.32 Å². The van der Waals surface area contributed by atoms with Crippen molar-refractivity contribution < 1.29 is 13.2 Å². The van der Waals surface area contributed by atoms with Crippen LogP contribution in [0.5, 0.6) is 0 Å². The number of carbonyl (C=O) groups excluding carboxylic acids is 1. The molecule has 90 valence electrons. The number of carbonyl (C=O) groups is 1. The second-order valence-electron chi connectivity index (χ2n) is 3.44. The largest absolute Gasteiger partial charge is 0.331 e. The molecule has 1 aliphatic heterocycles. The van der Waals surface area contributed by atoms with E-state index in [-0.39, 0.29) is 11.7 Å². The van der Waals surface area contributed by atoms with Crippen LogP contribution in [0.1, 0.15) is 0 Å². The Balaban J connectivity index is 1.89. The van der Waals surface area contributed by atoms with Crippen LogP contribution in [0, 0.1) is 0 Å². The molecule has 0 radical (unpaired) electrons. The minimum atomic E-state index is -3.17. The lowest BCUT2D eigenvalue weighted by Crippen LogP contribution is -2.38. The van der Waals surface area contributed by atoms with Gasteiger partial charge in [-0.15, -0.1) is 0 Å². The molecular weight excluding hydrogens is 244 g/mol. The van der Waals surface area contributed by atoms with E-state index in [2.05, 4.69) is 20.6 Å². The van der Waals surface area contributed by atoms with Crippen molar-refractivity contribution in [3.8, 4) is 0 Å². The molecule has 17 heavy (non-hydrogen) atoms. The van der Waals surface area contributed by atoms with Crippen LogP contribution < -0.4 is 10.6 Å². The van der Waals surface area contributed by atoms with Crippen molar-refractivity contribution in [1.29, 1.82) is 0 Å². The van der Waals surface area contributed by atoms with E-state index in [1.807, 2.05) is 0 Å². The van der Waals surface area contributed by atoms with Gasteiger partial charge in [0.1, 0.15) is 0 Å². The maximum atomic E-state index is 11.4. The maximum Gasteiger partial charge on any atom is 0.322 e. The van der Waals surface area contributed by atoms with E-state index in [0.717, 1.165) is 5.41 Å². The molecule has 8 heteroatoms. The summed E-state index contributed by atoms with van der Waals surface area (Å²) in [4.78, 5) is 19.1. The molecular formula is C9H10N4O3S. The average Bonchev–Trinajstić information content (AvgIpc) is 2.59. The minimum absolute atomic E-state index is 0.115. The summed E-state index contributed by atoms with van der Waals surface area (Å²) in [6, 6.07) is 0.571. The summed E-state index contributed by atoms with van der Waals surface area (Å²) < 4.78 is 22.2. The van der Waals surface area contributed by atoms with Crippen molar-refractivity contribution >= 4 is 21.8 Å². The summed E-state index contributed by atoms with van der Waals surface area (Å²) in [5.41, 5.74) is 0. The van der Waals surface area contributed by atoms with Gasteiger partial charge < -0.3 is 5.32 Å². The van der Waals surface area contributed by atoms with E-state index in [0.29, 0.717) is 0 Å². The zero-order valence-electron chi connectivity index (χ0n) is 8.70. The molecule has 2 heterocycles. The summed E-state index contributed by atoms with van der Waals surface area (Å²) in [7, 11) is -3.17. The summed E-state index contributed by atoms with van der Waals surface area (Å²) in [6.45, 7) is 0. The lowest BCUT2D eigenvalue weighted by atomic mass is 10.3. The molecule has 0 bridgehead atoms. The third-order valence-electron chi connectivity index (χ3n) is 2.04. The molecule has 1 atom stereocenters. The van der Waals surface area contributed by atoms with Gasteiger partial charge in [0.15, 0.2) is 9.84 Å². The molecule has 0 saturated carbocycles. The van der Waals surface area contributed by atoms with Crippen molar-refractivity contribution in [1.82, 2.24) is 15.3 Å². The Morgan fingerprint density at radius 1 is 1.35 bits per heavy atom. The molecule has 0 aliphatic carbocycles. The lowest BCUT2D eigenvalue weighted by molar-refractivity contribution is 0.251. The molecule has 1 aromatic heterocycles. The first kappa shape index (κ1) is 11.5. The standard InChI is InChI=1S/C9H10N4O3S/c14-9(13-8-10-3-1-4-11-8)12-7-2-5-17(15,16)6-7/h1-5,7H,6H2,(H2,10,11,12,13,14)/t7-/m0/s1. The van der Waals surface area contributed by atoms with Crippen molar-refractivity contribution in [2.45, 2.75) is 6.04 Å². The fraction of sp³-hybridized carbons (Fsp3) is 0.222. The van der Waals surface area contributed by atoms with Crippen LogP contribution in [0.25, 0.3) is 0 Å². The number of amides is 2. The first-order chi connectivity index (χ1) is 8.05. The predicted octanol–water partition coefficient (Wildman–Crippen LogP) is -0.0912. The van der Waals surface area contributed by atoms with Gasteiger partial charge >= 0.3 is 6.03 Å². The Kier molecular flexibility index (Phi) is 3.05. The summed E-state index contributed by atoms with van der Waals surface area (Å²) in [6.07, 6.45) is 4.41. The molecule has 0 saturated heterocycles. The topological polar surface area (TPSA) is 101 Å². The molecule has 0 fully saturated rings. The number of anilines is 1. The predicted molar refractivity (Wildman–Crippen MR) is 60.9 cm³/mol. The van der Waals surface area contributed by atoms with E-state index in [4.69, 9.17) is 0 Å². The molecule has 2 amide bonds. The van der Waals surface area contributed by atoms with Crippen LogP contribution in [0.4, 0.5) is 10.7 Å². The van der Waals surface area contributed by atoms with Gasteiger partial charge in [0.25, 0.3) is 0 Å². The van der Waals surface area contributed by atoms with Gasteiger partial charge in [-0.2, -0.15) is 0 Å². The molecule has 0 unspecified atom stereocenters. The Morgan fingerprint density at radius 3 is 2.65 bits per heavy atom. The summed E-state index contributed by atoms with van der Waals surface area (Å²) in [5, 5.41) is 5.98. The van der Waals surface area contributed by atoms with Crippen LogP contribution in [-0.2, 0) is 9.84 Å². The number of aromatic nitrogens is 2. The molecule has 2 rings (SSSR count). The molecule has 7 nitrogen and oxygen atoms in total. The van der Waals surface area contributed by atoms with Crippen molar-refractivity contribution in [3.63, 3.8) is 0 Å². The highest BCUT2D eigenvalue weighted by Crippen LogP contribution is 2.07. The van der Waals surface area contributed by atoms with E-state index in [1.54, 1.807) is 6.07 Å². The number of nitrogens with zero attached hydrogens (tertiary/aromatic N) is 2. The van der Waals surface area contributed by atoms with Crippen LogP contribution in [0.15, 0.2) is 29.9 Å². The molecule has 0 spiro atoms. The van der Waals surface area contributed by atoms with Gasteiger partial charge in [0.2, 0.25) is 5.95 Å². The van der Waals surface area contributed by atoms with Crippen LogP contribution in [0.2, 0.25) is 0 Å². The second kappa shape index (κ2) is 4.50. The van der Waals surface area contributed by atoms with E-state index in [1.165, 1.54) is 18.5 Å². The fourth-order valence-electron chi connectivity index (χ4n) is 1.34. The number of nitrogens with one attached hydrogen (secondary N) is 2. The molecule has 2 N–H and O–H groups in total. The average molecular weight is 254 g/mol. The zero-order chi connectivity index (χ0) is 12.3. The normalized spacial score (nSPS) is 21.1.